The summed E-state index contributed by atoms with van der Waals surface area (Å²) in [6, 6.07) is 8.98. The number of hydrogen-bond donors (Lipinski definition) is 2. The molecule has 3 rings (SSSR count). The summed E-state index contributed by atoms with van der Waals surface area (Å²) in [4.78, 5) is 10.0. The van der Waals surface area contributed by atoms with Crippen LogP contribution in [-0.4, -0.2) is 75.7 Å². The highest BCUT2D eigenvalue weighted by Crippen LogP contribution is 2.35. The van der Waals surface area contributed by atoms with Crippen molar-refractivity contribution < 1.29 is 4.74 Å². The van der Waals surface area contributed by atoms with Crippen molar-refractivity contribution in [3.05, 3.63) is 29.8 Å². The number of halogens is 1. The molecule has 6 nitrogen and oxygen atoms in total. The smallest absolute Gasteiger partial charge is 0.191 e. The van der Waals surface area contributed by atoms with E-state index in [1.54, 1.807) is 7.11 Å². The van der Waals surface area contributed by atoms with Crippen LogP contribution in [0.15, 0.2) is 29.3 Å². The Hall–Kier alpha value is -1.06. The molecule has 1 aromatic rings. The Morgan fingerprint density at radius 1 is 1.06 bits per heavy atom. The van der Waals surface area contributed by atoms with Crippen LogP contribution < -0.4 is 15.4 Å². The van der Waals surface area contributed by atoms with Crippen molar-refractivity contribution in [2.45, 2.75) is 45.1 Å². The number of guanidine groups is 1. The van der Waals surface area contributed by atoms with Gasteiger partial charge in [0, 0.05) is 32.2 Å². The topological polar surface area (TPSA) is 52.1 Å². The molecule has 0 aliphatic carbocycles. The van der Waals surface area contributed by atoms with E-state index in [9.17, 15) is 0 Å². The fourth-order valence-electron chi connectivity index (χ4n) is 4.84. The van der Waals surface area contributed by atoms with E-state index in [0.29, 0.717) is 12.0 Å². The molecule has 0 radical (unpaired) electrons. The van der Waals surface area contributed by atoms with Gasteiger partial charge in [-0.25, -0.2) is 0 Å². The summed E-state index contributed by atoms with van der Waals surface area (Å²) in [7, 11) is 3.96. The van der Waals surface area contributed by atoms with Crippen molar-refractivity contribution in [2.75, 3.05) is 60.0 Å². The van der Waals surface area contributed by atoms with Crippen LogP contribution in [0, 0.1) is 5.92 Å². The predicted octanol–water partition coefficient (Wildman–Crippen LogP) is 3.74. The van der Waals surface area contributed by atoms with Crippen molar-refractivity contribution in [2.24, 2.45) is 10.9 Å². The zero-order valence-corrected chi connectivity index (χ0v) is 21.9. The minimum Gasteiger partial charge on any atom is -0.497 e. The maximum absolute atomic E-state index is 5.34. The van der Waals surface area contributed by atoms with Gasteiger partial charge in [0.2, 0.25) is 0 Å². The SMILES string of the molecule is CCNC(=NCC1CCCN(C)C1c1ccc(OC)cc1)NCCN1CCCCC1.I. The maximum Gasteiger partial charge on any atom is 0.191 e. The zero-order chi connectivity index (χ0) is 21.2. The number of nitrogens with zero attached hydrogens (tertiary/aromatic N) is 3. The maximum atomic E-state index is 5.34. The molecule has 2 atom stereocenters. The largest absolute Gasteiger partial charge is 0.497 e. The van der Waals surface area contributed by atoms with E-state index in [1.807, 2.05) is 0 Å². The summed E-state index contributed by atoms with van der Waals surface area (Å²) in [6.45, 7) is 9.56. The molecule has 0 saturated carbocycles. The molecular weight excluding hydrogens is 501 g/mol. The van der Waals surface area contributed by atoms with Gasteiger partial charge in [-0.05, 0) is 82.9 Å². The first kappa shape index (κ1) is 26.2. The lowest BCUT2D eigenvalue weighted by Gasteiger charge is -2.39. The summed E-state index contributed by atoms with van der Waals surface area (Å²) in [5.74, 6) is 2.39. The molecule has 0 aromatic heterocycles. The highest BCUT2D eigenvalue weighted by Gasteiger charge is 2.30. The first-order valence-corrected chi connectivity index (χ1v) is 11.8. The van der Waals surface area contributed by atoms with Crippen molar-refractivity contribution in [1.82, 2.24) is 20.4 Å². The van der Waals surface area contributed by atoms with Gasteiger partial charge in [0.05, 0.1) is 7.11 Å². The molecule has 2 aliphatic heterocycles. The van der Waals surface area contributed by atoms with Gasteiger partial charge >= 0.3 is 0 Å². The average Bonchev–Trinajstić information content (AvgIpc) is 2.78. The Balaban J connectivity index is 0.00000341. The summed E-state index contributed by atoms with van der Waals surface area (Å²) >= 11 is 0. The molecule has 2 saturated heterocycles. The molecule has 7 heteroatoms. The van der Waals surface area contributed by atoms with Gasteiger partial charge in [0.15, 0.2) is 5.96 Å². The van der Waals surface area contributed by atoms with Gasteiger partial charge in [-0.1, -0.05) is 18.6 Å². The lowest BCUT2D eigenvalue weighted by Crippen LogP contribution is -2.43. The van der Waals surface area contributed by atoms with E-state index < -0.39 is 0 Å². The Labute approximate surface area is 206 Å². The van der Waals surface area contributed by atoms with Gasteiger partial charge in [-0.2, -0.15) is 0 Å². The highest BCUT2D eigenvalue weighted by atomic mass is 127. The van der Waals surface area contributed by atoms with Gasteiger partial charge in [0.1, 0.15) is 5.75 Å². The summed E-state index contributed by atoms with van der Waals surface area (Å²) in [6.07, 6.45) is 6.53. The number of aliphatic imine (C=N–C) groups is 1. The van der Waals surface area contributed by atoms with E-state index in [4.69, 9.17) is 9.73 Å². The number of hydrogen-bond acceptors (Lipinski definition) is 4. The van der Waals surface area contributed by atoms with Crippen molar-refractivity contribution >= 4 is 29.9 Å². The third-order valence-corrected chi connectivity index (χ3v) is 6.46. The molecule has 2 heterocycles. The Morgan fingerprint density at radius 3 is 2.48 bits per heavy atom. The third kappa shape index (κ3) is 8.09. The van der Waals surface area contributed by atoms with E-state index >= 15 is 0 Å². The normalized spacial score (nSPS) is 23.1. The van der Waals surface area contributed by atoms with E-state index in [2.05, 4.69) is 58.7 Å². The fourth-order valence-corrected chi connectivity index (χ4v) is 4.84. The molecule has 0 bridgehead atoms. The van der Waals surface area contributed by atoms with Gasteiger partial charge in [-0.15, -0.1) is 24.0 Å². The number of rotatable bonds is 8. The van der Waals surface area contributed by atoms with Crippen LogP contribution in [-0.2, 0) is 0 Å². The zero-order valence-electron chi connectivity index (χ0n) is 19.6. The summed E-state index contributed by atoms with van der Waals surface area (Å²) in [5.41, 5.74) is 1.36. The number of piperidine rings is 2. The molecule has 2 N–H and O–H groups in total. The van der Waals surface area contributed by atoms with E-state index in [-0.39, 0.29) is 24.0 Å². The molecule has 1 aromatic carbocycles. The molecule has 2 unspecified atom stereocenters. The second-order valence-corrected chi connectivity index (χ2v) is 8.65. The molecule has 31 heavy (non-hydrogen) atoms. The minimum atomic E-state index is 0. The molecule has 2 aliphatic rings. The van der Waals surface area contributed by atoms with Crippen LogP contribution in [0.5, 0.6) is 5.75 Å². The van der Waals surface area contributed by atoms with Crippen LogP contribution in [0.4, 0.5) is 0 Å². The first-order chi connectivity index (χ1) is 14.7. The highest BCUT2D eigenvalue weighted by molar-refractivity contribution is 14.0. The van der Waals surface area contributed by atoms with Gasteiger partial charge < -0.3 is 20.3 Å². The summed E-state index contributed by atoms with van der Waals surface area (Å²) < 4.78 is 5.34. The summed E-state index contributed by atoms with van der Waals surface area (Å²) in [5, 5.41) is 6.99. The minimum absolute atomic E-state index is 0. The Kier molecular flexibility index (Phi) is 12.0. The second kappa shape index (κ2) is 14.2. The van der Waals surface area contributed by atoms with Crippen molar-refractivity contribution in [3.63, 3.8) is 0 Å². The Bertz CT molecular complexity index is 648. The number of nitrogens with one attached hydrogen (secondary N) is 2. The van der Waals surface area contributed by atoms with Crippen molar-refractivity contribution in [3.8, 4) is 5.75 Å². The quantitative estimate of drug-likeness (QED) is 0.298. The van der Waals surface area contributed by atoms with Crippen LogP contribution in [0.25, 0.3) is 0 Å². The monoisotopic (exact) mass is 543 g/mol. The van der Waals surface area contributed by atoms with Gasteiger partial charge in [-0.3, -0.25) is 9.89 Å². The van der Waals surface area contributed by atoms with Crippen molar-refractivity contribution in [1.29, 1.82) is 0 Å². The van der Waals surface area contributed by atoms with Crippen LogP contribution in [0.3, 0.4) is 0 Å². The van der Waals surface area contributed by atoms with Crippen LogP contribution in [0.1, 0.15) is 50.6 Å². The molecular formula is C24H42IN5O. The lowest BCUT2D eigenvalue weighted by molar-refractivity contribution is 0.125. The van der Waals surface area contributed by atoms with E-state index in [0.717, 1.165) is 44.4 Å². The first-order valence-electron chi connectivity index (χ1n) is 11.8. The third-order valence-electron chi connectivity index (χ3n) is 6.46. The second-order valence-electron chi connectivity index (χ2n) is 8.65. The standard InChI is InChI=1S/C24H41N5O.HI/c1-4-25-24(26-14-18-29-16-6-5-7-17-29)27-19-21-9-8-15-28(2)23(21)20-10-12-22(30-3)13-11-20;/h10-13,21,23H,4-9,14-19H2,1-3H3,(H2,25,26,27);1H. The molecule has 0 spiro atoms. The van der Waals surface area contributed by atoms with Crippen LogP contribution in [0.2, 0.25) is 0 Å². The molecule has 176 valence electrons. The number of ether oxygens (including phenoxy) is 1. The lowest BCUT2D eigenvalue weighted by atomic mass is 9.85. The molecule has 2 fully saturated rings. The predicted molar refractivity (Wildman–Crippen MR) is 141 cm³/mol. The number of methoxy groups -OCH3 is 1. The van der Waals surface area contributed by atoms with E-state index in [1.165, 1.54) is 50.8 Å². The number of likely N-dealkylation sites (tertiary alicyclic amines) is 2. The Morgan fingerprint density at radius 2 is 1.81 bits per heavy atom. The van der Waals surface area contributed by atoms with Gasteiger partial charge in [0.25, 0.3) is 0 Å². The number of benzene rings is 1. The van der Waals surface area contributed by atoms with Crippen LogP contribution >= 0.6 is 24.0 Å². The molecule has 0 amide bonds. The average molecular weight is 544 g/mol. The fraction of sp³-hybridized carbons (Fsp3) is 0.708.